The van der Waals surface area contributed by atoms with Crippen LogP contribution < -0.4 is 0 Å². The van der Waals surface area contributed by atoms with Crippen LogP contribution in [0.3, 0.4) is 0 Å². The van der Waals surface area contributed by atoms with Crippen molar-refractivity contribution >= 4 is 23.0 Å². The number of allylic oxidation sites excluding steroid dienone is 1. The Morgan fingerprint density at radius 2 is 1.56 bits per heavy atom. The molecule has 0 amide bonds. The van der Waals surface area contributed by atoms with Gasteiger partial charge in [-0.05, 0) is 55.2 Å². The summed E-state index contributed by atoms with van der Waals surface area (Å²) in [7, 11) is 0. The summed E-state index contributed by atoms with van der Waals surface area (Å²) in [4.78, 5) is 7.21. The fraction of sp³-hybridized carbons (Fsp3) is 0.348. The van der Waals surface area contributed by atoms with Crippen LogP contribution in [0.5, 0.6) is 0 Å². The Morgan fingerprint density at radius 3 is 2.20 bits per heavy atom. The number of rotatable bonds is 10. The molecule has 132 valence electrons. The molecule has 0 N–H and O–H groups in total. The second-order valence-electron chi connectivity index (χ2n) is 6.15. The highest BCUT2D eigenvalue weighted by atomic mass is 32.2. The Hall–Kier alpha value is -1.80. The SMILES string of the molecule is C=C(/C(CCCCCC)=N\CC)c1ccc(Sc2ccccc2)cc1. The summed E-state index contributed by atoms with van der Waals surface area (Å²) in [6.07, 6.45) is 6.08. The second-order valence-corrected chi connectivity index (χ2v) is 7.30. The first-order valence-electron chi connectivity index (χ1n) is 9.30. The Morgan fingerprint density at radius 1 is 0.880 bits per heavy atom. The molecule has 0 spiro atoms. The predicted octanol–water partition coefficient (Wildman–Crippen LogP) is 7.28. The van der Waals surface area contributed by atoms with Crippen molar-refractivity contribution in [1.29, 1.82) is 0 Å². The molecule has 0 aliphatic rings. The lowest BCUT2D eigenvalue weighted by molar-refractivity contribution is 0.683. The quantitative estimate of drug-likeness (QED) is 0.323. The number of hydrogen-bond acceptors (Lipinski definition) is 2. The molecule has 2 aromatic rings. The molecule has 0 aromatic heterocycles. The van der Waals surface area contributed by atoms with E-state index in [-0.39, 0.29) is 0 Å². The number of benzene rings is 2. The first-order valence-corrected chi connectivity index (χ1v) is 10.1. The van der Waals surface area contributed by atoms with Gasteiger partial charge in [-0.15, -0.1) is 0 Å². The molecule has 0 fully saturated rings. The van der Waals surface area contributed by atoms with Crippen LogP contribution in [0.4, 0.5) is 0 Å². The highest BCUT2D eigenvalue weighted by Crippen LogP contribution is 2.29. The largest absolute Gasteiger partial charge is 0.289 e. The molecule has 0 saturated heterocycles. The van der Waals surface area contributed by atoms with E-state index in [2.05, 4.69) is 69.0 Å². The van der Waals surface area contributed by atoms with Gasteiger partial charge in [-0.25, -0.2) is 0 Å². The first-order chi connectivity index (χ1) is 12.2. The van der Waals surface area contributed by atoms with Gasteiger partial charge in [-0.1, -0.05) is 74.9 Å². The van der Waals surface area contributed by atoms with Crippen LogP contribution in [0.1, 0.15) is 51.5 Å². The number of nitrogens with zero attached hydrogens (tertiary/aromatic N) is 1. The Labute approximate surface area is 157 Å². The van der Waals surface area contributed by atoms with E-state index in [9.17, 15) is 0 Å². The molecule has 0 heterocycles. The van der Waals surface area contributed by atoms with E-state index in [0.29, 0.717) is 0 Å². The van der Waals surface area contributed by atoms with Crippen LogP contribution in [0.2, 0.25) is 0 Å². The summed E-state index contributed by atoms with van der Waals surface area (Å²) >= 11 is 1.79. The van der Waals surface area contributed by atoms with Crippen LogP contribution in [-0.2, 0) is 0 Å². The molecular weight excluding hydrogens is 322 g/mol. The van der Waals surface area contributed by atoms with E-state index >= 15 is 0 Å². The number of hydrogen-bond donors (Lipinski definition) is 0. The lowest BCUT2D eigenvalue weighted by Crippen LogP contribution is -2.02. The average Bonchev–Trinajstić information content (AvgIpc) is 2.65. The molecular formula is C23H29NS. The minimum Gasteiger partial charge on any atom is -0.289 e. The third-order valence-corrected chi connectivity index (χ3v) is 5.16. The monoisotopic (exact) mass is 351 g/mol. The van der Waals surface area contributed by atoms with Gasteiger partial charge in [0.2, 0.25) is 0 Å². The lowest BCUT2D eigenvalue weighted by Gasteiger charge is -2.11. The number of aliphatic imine (C=N–C) groups is 1. The lowest BCUT2D eigenvalue weighted by atomic mass is 9.98. The summed E-state index contributed by atoms with van der Waals surface area (Å²) in [5, 5.41) is 0. The zero-order valence-electron chi connectivity index (χ0n) is 15.5. The maximum Gasteiger partial charge on any atom is 0.0420 e. The highest BCUT2D eigenvalue weighted by molar-refractivity contribution is 7.99. The van der Waals surface area contributed by atoms with Crippen molar-refractivity contribution in [1.82, 2.24) is 0 Å². The van der Waals surface area contributed by atoms with Crippen molar-refractivity contribution in [3.63, 3.8) is 0 Å². The normalized spacial score (nSPS) is 11.5. The molecule has 0 atom stereocenters. The van der Waals surface area contributed by atoms with Crippen molar-refractivity contribution in [3.8, 4) is 0 Å². The van der Waals surface area contributed by atoms with Crippen molar-refractivity contribution in [2.45, 2.75) is 55.7 Å². The maximum absolute atomic E-state index is 4.70. The third kappa shape index (κ3) is 6.55. The van der Waals surface area contributed by atoms with E-state index in [4.69, 9.17) is 4.99 Å². The fourth-order valence-corrected chi connectivity index (χ4v) is 3.59. The minimum atomic E-state index is 0.823. The zero-order chi connectivity index (χ0) is 17.9. The van der Waals surface area contributed by atoms with E-state index in [1.54, 1.807) is 11.8 Å². The van der Waals surface area contributed by atoms with E-state index in [1.165, 1.54) is 46.7 Å². The molecule has 2 aromatic carbocycles. The first kappa shape index (κ1) is 19.5. The van der Waals surface area contributed by atoms with Crippen molar-refractivity contribution in [2.75, 3.05) is 6.54 Å². The third-order valence-electron chi connectivity index (χ3n) is 4.15. The molecule has 0 radical (unpaired) electrons. The summed E-state index contributed by atoms with van der Waals surface area (Å²) in [5.41, 5.74) is 3.43. The van der Waals surface area contributed by atoms with Gasteiger partial charge in [0.15, 0.2) is 0 Å². The van der Waals surface area contributed by atoms with Crippen molar-refractivity contribution in [3.05, 3.63) is 66.7 Å². The van der Waals surface area contributed by atoms with Crippen molar-refractivity contribution < 1.29 is 0 Å². The van der Waals surface area contributed by atoms with E-state index < -0.39 is 0 Å². The molecule has 25 heavy (non-hydrogen) atoms. The van der Waals surface area contributed by atoms with Gasteiger partial charge in [-0.2, -0.15) is 0 Å². The average molecular weight is 352 g/mol. The van der Waals surface area contributed by atoms with E-state index in [0.717, 1.165) is 18.5 Å². The maximum atomic E-state index is 4.70. The van der Waals surface area contributed by atoms with Gasteiger partial charge in [0.1, 0.15) is 0 Å². The van der Waals surface area contributed by atoms with Crippen LogP contribution >= 0.6 is 11.8 Å². The topological polar surface area (TPSA) is 12.4 Å². The Balaban J connectivity index is 2.01. The molecule has 0 saturated carbocycles. The van der Waals surface area contributed by atoms with Gasteiger partial charge in [0, 0.05) is 22.0 Å². The summed E-state index contributed by atoms with van der Waals surface area (Å²) in [5.74, 6) is 0. The summed E-state index contributed by atoms with van der Waals surface area (Å²) in [6, 6.07) is 19.2. The zero-order valence-corrected chi connectivity index (χ0v) is 16.3. The molecule has 2 heteroatoms. The highest BCUT2D eigenvalue weighted by Gasteiger charge is 2.08. The molecule has 0 aliphatic carbocycles. The van der Waals surface area contributed by atoms with Gasteiger partial charge in [-0.3, -0.25) is 4.99 Å². The van der Waals surface area contributed by atoms with E-state index in [1.807, 2.05) is 6.07 Å². The van der Waals surface area contributed by atoms with Gasteiger partial charge in [0.05, 0.1) is 0 Å². The predicted molar refractivity (Wildman–Crippen MR) is 113 cm³/mol. The van der Waals surface area contributed by atoms with Crippen LogP contribution in [-0.4, -0.2) is 12.3 Å². The van der Waals surface area contributed by atoms with Crippen LogP contribution in [0, 0.1) is 0 Å². The summed E-state index contributed by atoms with van der Waals surface area (Å²) < 4.78 is 0. The van der Waals surface area contributed by atoms with Crippen LogP contribution in [0.15, 0.2) is 76.0 Å². The van der Waals surface area contributed by atoms with Gasteiger partial charge >= 0.3 is 0 Å². The Kier molecular flexibility index (Phi) is 8.54. The molecule has 0 bridgehead atoms. The molecule has 0 aliphatic heterocycles. The molecule has 1 nitrogen and oxygen atoms in total. The second kappa shape index (κ2) is 10.9. The Bertz CT molecular complexity index is 671. The van der Waals surface area contributed by atoms with Gasteiger partial charge < -0.3 is 0 Å². The number of unbranched alkanes of at least 4 members (excludes halogenated alkanes) is 3. The minimum absolute atomic E-state index is 0.823. The fourth-order valence-electron chi connectivity index (χ4n) is 2.75. The smallest absolute Gasteiger partial charge is 0.0420 e. The van der Waals surface area contributed by atoms with Crippen molar-refractivity contribution in [2.24, 2.45) is 4.99 Å². The molecule has 0 unspecified atom stereocenters. The molecule has 2 rings (SSSR count). The standard InChI is InChI=1S/C23H29NS/c1-4-6-7-11-14-23(24-5-2)19(3)20-15-17-22(18-16-20)25-21-12-9-8-10-13-21/h8-10,12-13,15-18H,3-7,11,14H2,1-2H3/b24-23-. The van der Waals surface area contributed by atoms with Gasteiger partial charge in [0.25, 0.3) is 0 Å². The van der Waals surface area contributed by atoms with Crippen LogP contribution in [0.25, 0.3) is 5.57 Å². The summed E-state index contributed by atoms with van der Waals surface area (Å²) in [6.45, 7) is 9.48.